The summed E-state index contributed by atoms with van der Waals surface area (Å²) in [4.78, 5) is 22.9. The standard InChI is InChI=1S/C11H20NO6P/c1-11(2,3)18-10(15)12-8(9(14)17-4)5-6-19(16)7-13/h5,13,19H,6-7H2,1-4H3,(H,12,15). The van der Waals surface area contributed by atoms with Crippen LogP contribution in [-0.4, -0.2) is 42.4 Å². The number of aliphatic hydroxyl groups is 1. The molecule has 8 heteroatoms. The first-order chi connectivity index (χ1) is 8.69. The molecule has 0 aromatic carbocycles. The zero-order valence-corrected chi connectivity index (χ0v) is 12.5. The van der Waals surface area contributed by atoms with Crippen molar-refractivity contribution >= 4 is 19.9 Å². The zero-order valence-electron chi connectivity index (χ0n) is 11.5. The largest absolute Gasteiger partial charge is 0.464 e. The van der Waals surface area contributed by atoms with Crippen LogP contribution in [0.4, 0.5) is 4.79 Å². The second-order valence-electron chi connectivity index (χ2n) is 4.64. The highest BCUT2D eigenvalue weighted by Crippen LogP contribution is 2.18. The lowest BCUT2D eigenvalue weighted by Gasteiger charge is -2.20. The lowest BCUT2D eigenvalue weighted by Crippen LogP contribution is -2.34. The van der Waals surface area contributed by atoms with Gasteiger partial charge in [0, 0.05) is 6.16 Å². The quantitative estimate of drug-likeness (QED) is 0.447. The zero-order chi connectivity index (χ0) is 15.1. The molecule has 0 aliphatic rings. The Morgan fingerprint density at radius 2 is 1.95 bits per heavy atom. The second kappa shape index (κ2) is 7.96. The molecule has 0 aliphatic heterocycles. The van der Waals surface area contributed by atoms with Gasteiger partial charge in [0.25, 0.3) is 0 Å². The Bertz CT molecular complexity index is 385. The van der Waals surface area contributed by atoms with Gasteiger partial charge in [0.15, 0.2) is 0 Å². The summed E-state index contributed by atoms with van der Waals surface area (Å²) in [6, 6.07) is 0. The molecule has 0 aromatic rings. The van der Waals surface area contributed by atoms with Gasteiger partial charge in [-0.3, -0.25) is 5.32 Å². The van der Waals surface area contributed by atoms with Crippen LogP contribution in [0.1, 0.15) is 20.8 Å². The van der Waals surface area contributed by atoms with E-state index in [0.717, 1.165) is 7.11 Å². The number of allylic oxidation sites excluding steroid dienone is 1. The number of esters is 1. The van der Waals surface area contributed by atoms with E-state index < -0.39 is 31.8 Å². The molecule has 0 heterocycles. The van der Waals surface area contributed by atoms with Crippen LogP contribution in [0.5, 0.6) is 0 Å². The Morgan fingerprint density at radius 3 is 2.37 bits per heavy atom. The fourth-order valence-electron chi connectivity index (χ4n) is 0.989. The normalized spacial score (nSPS) is 13.6. The average Bonchev–Trinajstić information content (AvgIpc) is 2.30. The molecule has 0 fully saturated rings. The van der Waals surface area contributed by atoms with E-state index in [1.54, 1.807) is 20.8 Å². The molecule has 0 aromatic heterocycles. The lowest BCUT2D eigenvalue weighted by atomic mass is 10.2. The van der Waals surface area contributed by atoms with Crippen molar-refractivity contribution < 1.29 is 28.7 Å². The van der Waals surface area contributed by atoms with E-state index in [0.29, 0.717) is 0 Å². The van der Waals surface area contributed by atoms with E-state index in [-0.39, 0.29) is 11.9 Å². The molecule has 0 rings (SSSR count). The monoisotopic (exact) mass is 293 g/mol. The van der Waals surface area contributed by atoms with Gasteiger partial charge in [0.05, 0.1) is 13.5 Å². The van der Waals surface area contributed by atoms with Crippen molar-refractivity contribution in [2.24, 2.45) is 0 Å². The summed E-state index contributed by atoms with van der Waals surface area (Å²) in [5, 5.41) is 10.9. The Hall–Kier alpha value is -1.33. The maximum atomic E-state index is 11.5. The molecule has 0 spiro atoms. The summed E-state index contributed by atoms with van der Waals surface area (Å²) < 4.78 is 20.6. The van der Waals surface area contributed by atoms with E-state index in [1.807, 2.05) is 0 Å². The number of carbonyl (C=O) groups excluding carboxylic acids is 2. The number of nitrogens with one attached hydrogen (secondary N) is 1. The second-order valence-corrected chi connectivity index (χ2v) is 6.44. The number of ether oxygens (including phenoxy) is 2. The first kappa shape index (κ1) is 17.7. The minimum atomic E-state index is -2.21. The van der Waals surface area contributed by atoms with Crippen molar-refractivity contribution in [2.75, 3.05) is 19.6 Å². The van der Waals surface area contributed by atoms with Crippen LogP contribution in [0.15, 0.2) is 11.8 Å². The van der Waals surface area contributed by atoms with Crippen molar-refractivity contribution in [3.63, 3.8) is 0 Å². The third-order valence-corrected chi connectivity index (χ3v) is 2.76. The molecule has 1 unspecified atom stereocenters. The Morgan fingerprint density at radius 1 is 1.37 bits per heavy atom. The van der Waals surface area contributed by atoms with Gasteiger partial charge in [-0.2, -0.15) is 0 Å². The van der Waals surface area contributed by atoms with Gasteiger partial charge in [0.2, 0.25) is 0 Å². The van der Waals surface area contributed by atoms with Gasteiger partial charge in [-0.25, -0.2) is 9.59 Å². The van der Waals surface area contributed by atoms with E-state index in [9.17, 15) is 14.2 Å². The maximum Gasteiger partial charge on any atom is 0.412 e. The summed E-state index contributed by atoms with van der Waals surface area (Å²) in [5.74, 6) is -0.779. The summed E-state index contributed by atoms with van der Waals surface area (Å²) in [7, 11) is -1.05. The topological polar surface area (TPSA) is 102 Å². The van der Waals surface area contributed by atoms with Gasteiger partial charge in [-0.05, 0) is 26.8 Å². The summed E-state index contributed by atoms with van der Waals surface area (Å²) in [6.07, 6.45) is -0.0377. The Balaban J connectivity index is 4.74. The van der Waals surface area contributed by atoms with E-state index in [1.165, 1.54) is 6.08 Å². The SMILES string of the molecule is COC(=O)C(=CC[PH](=O)CO)NC(=O)OC(C)(C)C. The van der Waals surface area contributed by atoms with Crippen LogP contribution in [0.25, 0.3) is 0 Å². The van der Waals surface area contributed by atoms with Crippen LogP contribution in [0, 0.1) is 0 Å². The number of carbonyl (C=O) groups is 2. The minimum absolute atomic E-state index is 0.0125. The molecule has 2 N–H and O–H groups in total. The van der Waals surface area contributed by atoms with Crippen LogP contribution >= 0.6 is 7.80 Å². The molecule has 1 amide bonds. The Kier molecular flexibility index (Phi) is 7.41. The van der Waals surface area contributed by atoms with Crippen molar-refractivity contribution in [3.8, 4) is 0 Å². The molecular formula is C11H20NO6P. The van der Waals surface area contributed by atoms with E-state index in [4.69, 9.17) is 9.84 Å². The number of rotatable bonds is 5. The van der Waals surface area contributed by atoms with E-state index in [2.05, 4.69) is 10.1 Å². The molecule has 0 aliphatic carbocycles. The highest BCUT2D eigenvalue weighted by atomic mass is 31.1. The van der Waals surface area contributed by atoms with Gasteiger partial charge in [0.1, 0.15) is 19.1 Å². The molecule has 19 heavy (non-hydrogen) atoms. The molecular weight excluding hydrogens is 273 g/mol. The van der Waals surface area contributed by atoms with Gasteiger partial charge >= 0.3 is 12.1 Å². The maximum absolute atomic E-state index is 11.5. The average molecular weight is 293 g/mol. The first-order valence-corrected chi connectivity index (χ1v) is 7.43. The first-order valence-electron chi connectivity index (χ1n) is 5.60. The fourth-order valence-corrected chi connectivity index (χ4v) is 1.55. The number of alkyl carbamates (subject to hydrolysis) is 1. The van der Waals surface area contributed by atoms with Crippen LogP contribution in [-0.2, 0) is 18.8 Å². The van der Waals surface area contributed by atoms with E-state index >= 15 is 0 Å². The number of aliphatic hydroxyl groups excluding tert-OH is 1. The molecule has 0 saturated heterocycles. The summed E-state index contributed by atoms with van der Waals surface area (Å²) in [6.45, 7) is 5.04. The number of methoxy groups -OCH3 is 1. The van der Waals surface area contributed by atoms with Crippen molar-refractivity contribution in [2.45, 2.75) is 26.4 Å². The molecule has 1 atom stereocenters. The number of hydrogen-bond donors (Lipinski definition) is 2. The smallest absolute Gasteiger partial charge is 0.412 e. The lowest BCUT2D eigenvalue weighted by molar-refractivity contribution is -0.136. The minimum Gasteiger partial charge on any atom is -0.464 e. The summed E-state index contributed by atoms with van der Waals surface area (Å²) >= 11 is 0. The number of hydrogen-bond acceptors (Lipinski definition) is 6. The van der Waals surface area contributed by atoms with Crippen LogP contribution in [0.3, 0.4) is 0 Å². The third-order valence-electron chi connectivity index (χ3n) is 1.75. The highest BCUT2D eigenvalue weighted by Gasteiger charge is 2.19. The fraction of sp³-hybridized carbons (Fsp3) is 0.636. The predicted octanol–water partition coefficient (Wildman–Crippen LogP) is 1.08. The molecule has 0 radical (unpaired) electrons. The van der Waals surface area contributed by atoms with Crippen molar-refractivity contribution in [1.82, 2.24) is 5.32 Å². The van der Waals surface area contributed by atoms with Crippen LogP contribution < -0.4 is 5.32 Å². The highest BCUT2D eigenvalue weighted by molar-refractivity contribution is 7.44. The molecule has 0 saturated carbocycles. The van der Waals surface area contributed by atoms with Crippen LogP contribution in [0.2, 0.25) is 0 Å². The van der Waals surface area contributed by atoms with Gasteiger partial charge in [-0.15, -0.1) is 0 Å². The summed E-state index contributed by atoms with van der Waals surface area (Å²) in [5.41, 5.74) is -0.868. The molecule has 0 bridgehead atoms. The van der Waals surface area contributed by atoms with Crippen molar-refractivity contribution in [1.29, 1.82) is 0 Å². The van der Waals surface area contributed by atoms with Crippen molar-refractivity contribution in [3.05, 3.63) is 11.8 Å². The Labute approximate surface area is 112 Å². The third kappa shape index (κ3) is 8.40. The molecule has 7 nitrogen and oxygen atoms in total. The number of amides is 1. The van der Waals surface area contributed by atoms with Gasteiger partial charge in [-0.1, -0.05) is 0 Å². The molecule has 110 valence electrons. The predicted molar refractivity (Wildman–Crippen MR) is 70.4 cm³/mol. The van der Waals surface area contributed by atoms with Gasteiger partial charge < -0.3 is 19.1 Å².